The van der Waals surface area contributed by atoms with Crippen molar-refractivity contribution in [1.29, 1.82) is 0 Å². The molecule has 0 radical (unpaired) electrons. The molecule has 3 amide bonds. The Hall–Kier alpha value is -4.20. The van der Waals surface area contributed by atoms with Gasteiger partial charge in [-0.05, 0) is 49.2 Å². The Bertz CT molecular complexity index is 1210. The van der Waals surface area contributed by atoms with E-state index in [9.17, 15) is 14.4 Å². The molecule has 0 spiro atoms. The number of hydrogen-bond donors (Lipinski definition) is 2. The topological polar surface area (TPSA) is 101 Å². The van der Waals surface area contributed by atoms with Gasteiger partial charge in [-0.3, -0.25) is 19.4 Å². The fourth-order valence-corrected chi connectivity index (χ4v) is 3.79. The van der Waals surface area contributed by atoms with Gasteiger partial charge in [-0.15, -0.1) is 0 Å². The Kier molecular flexibility index (Phi) is 6.35. The summed E-state index contributed by atoms with van der Waals surface area (Å²) in [5, 5.41) is 5.70. The number of anilines is 3. The van der Waals surface area contributed by atoms with E-state index in [1.54, 1.807) is 47.4 Å². The van der Waals surface area contributed by atoms with E-state index in [2.05, 4.69) is 15.6 Å². The first-order valence-corrected chi connectivity index (χ1v) is 10.6. The number of hydrogen-bond acceptors (Lipinski definition) is 5. The van der Waals surface area contributed by atoms with E-state index in [4.69, 9.17) is 4.74 Å². The van der Waals surface area contributed by atoms with Crippen LogP contribution in [0.5, 0.6) is 5.75 Å². The first-order valence-electron chi connectivity index (χ1n) is 10.6. The molecule has 0 atom stereocenters. The number of aryl methyl sites for hydroxylation is 1. The summed E-state index contributed by atoms with van der Waals surface area (Å²) in [7, 11) is 1.53. The number of ether oxygens (including phenoxy) is 1. The Balaban J connectivity index is 1.57. The number of para-hydroxylation sites is 1. The summed E-state index contributed by atoms with van der Waals surface area (Å²) in [4.78, 5) is 43.5. The number of pyridine rings is 1. The fourth-order valence-electron chi connectivity index (χ4n) is 3.79. The molecule has 3 aromatic rings. The van der Waals surface area contributed by atoms with Gasteiger partial charge in [0, 0.05) is 42.7 Å². The highest BCUT2D eigenvalue weighted by molar-refractivity contribution is 6.13. The van der Waals surface area contributed by atoms with Crippen molar-refractivity contribution in [2.75, 3.05) is 29.2 Å². The minimum absolute atomic E-state index is 0.0550. The molecule has 1 saturated heterocycles. The molecule has 168 valence electrons. The van der Waals surface area contributed by atoms with Crippen LogP contribution in [0.2, 0.25) is 0 Å². The van der Waals surface area contributed by atoms with Crippen LogP contribution in [0.1, 0.15) is 39.1 Å². The van der Waals surface area contributed by atoms with E-state index >= 15 is 0 Å². The lowest BCUT2D eigenvalue weighted by molar-refractivity contribution is -0.117. The zero-order valence-corrected chi connectivity index (χ0v) is 18.4. The summed E-state index contributed by atoms with van der Waals surface area (Å²) in [5.74, 6) is -0.157. The van der Waals surface area contributed by atoms with Crippen molar-refractivity contribution < 1.29 is 19.1 Å². The molecular formula is C25H24N4O4. The van der Waals surface area contributed by atoms with Crippen LogP contribution in [-0.2, 0) is 4.79 Å². The second-order valence-corrected chi connectivity index (χ2v) is 7.68. The summed E-state index contributed by atoms with van der Waals surface area (Å²) in [6, 6.07) is 13.6. The molecule has 1 aliphatic heterocycles. The van der Waals surface area contributed by atoms with Crippen LogP contribution in [0.4, 0.5) is 17.1 Å². The third-order valence-electron chi connectivity index (χ3n) is 5.50. The molecule has 8 nitrogen and oxygen atoms in total. The van der Waals surface area contributed by atoms with Gasteiger partial charge in [0.05, 0.1) is 24.0 Å². The molecule has 1 fully saturated rings. The maximum atomic E-state index is 13.1. The lowest BCUT2D eigenvalue weighted by Crippen LogP contribution is -2.24. The van der Waals surface area contributed by atoms with Crippen LogP contribution >= 0.6 is 0 Å². The number of carbonyl (C=O) groups is 3. The number of carbonyl (C=O) groups excluding carboxylic acids is 3. The third-order valence-corrected chi connectivity index (χ3v) is 5.50. The van der Waals surface area contributed by atoms with Gasteiger partial charge in [-0.2, -0.15) is 0 Å². The highest BCUT2D eigenvalue weighted by Gasteiger charge is 2.25. The Morgan fingerprint density at radius 3 is 2.52 bits per heavy atom. The zero-order valence-electron chi connectivity index (χ0n) is 18.4. The molecule has 2 heterocycles. The molecule has 0 aliphatic carbocycles. The molecule has 1 aliphatic rings. The number of amides is 3. The van der Waals surface area contributed by atoms with Crippen LogP contribution in [0.3, 0.4) is 0 Å². The summed E-state index contributed by atoms with van der Waals surface area (Å²) >= 11 is 0. The van der Waals surface area contributed by atoms with E-state index in [-0.39, 0.29) is 17.7 Å². The zero-order chi connectivity index (χ0) is 23.4. The van der Waals surface area contributed by atoms with Crippen LogP contribution in [-0.4, -0.2) is 36.4 Å². The van der Waals surface area contributed by atoms with Crippen molar-refractivity contribution in [3.05, 3.63) is 77.6 Å². The minimum Gasteiger partial charge on any atom is -0.494 e. The average Bonchev–Trinajstić information content (AvgIpc) is 3.26. The van der Waals surface area contributed by atoms with Crippen LogP contribution in [0.25, 0.3) is 0 Å². The Labute approximate surface area is 191 Å². The predicted molar refractivity (Wildman–Crippen MR) is 126 cm³/mol. The van der Waals surface area contributed by atoms with Gasteiger partial charge in [-0.25, -0.2) is 0 Å². The highest BCUT2D eigenvalue weighted by atomic mass is 16.5. The van der Waals surface area contributed by atoms with Gasteiger partial charge < -0.3 is 20.3 Å². The molecule has 33 heavy (non-hydrogen) atoms. The van der Waals surface area contributed by atoms with E-state index in [0.29, 0.717) is 46.9 Å². The minimum atomic E-state index is -0.379. The van der Waals surface area contributed by atoms with Crippen molar-refractivity contribution in [2.45, 2.75) is 19.8 Å². The molecule has 2 aromatic carbocycles. The number of nitrogens with zero attached hydrogens (tertiary/aromatic N) is 2. The van der Waals surface area contributed by atoms with Gasteiger partial charge in [-0.1, -0.05) is 12.1 Å². The van der Waals surface area contributed by atoms with Crippen molar-refractivity contribution in [2.24, 2.45) is 0 Å². The number of aromatic nitrogens is 1. The molecule has 0 unspecified atom stereocenters. The first-order chi connectivity index (χ1) is 16.0. The third kappa shape index (κ3) is 4.69. The largest absolute Gasteiger partial charge is 0.494 e. The number of nitrogens with one attached hydrogen (secondary N) is 2. The monoisotopic (exact) mass is 444 g/mol. The quantitative estimate of drug-likeness (QED) is 0.598. The average molecular weight is 444 g/mol. The number of methoxy groups -OCH3 is 1. The Morgan fingerprint density at radius 1 is 1.03 bits per heavy atom. The van der Waals surface area contributed by atoms with Crippen molar-refractivity contribution in [3.8, 4) is 5.75 Å². The second-order valence-electron chi connectivity index (χ2n) is 7.68. The highest BCUT2D eigenvalue weighted by Crippen LogP contribution is 2.34. The maximum absolute atomic E-state index is 13.1. The molecular weight excluding hydrogens is 420 g/mol. The van der Waals surface area contributed by atoms with Gasteiger partial charge in [0.15, 0.2) is 0 Å². The van der Waals surface area contributed by atoms with Gasteiger partial charge in [0.2, 0.25) is 5.91 Å². The van der Waals surface area contributed by atoms with Crippen molar-refractivity contribution in [3.63, 3.8) is 0 Å². The van der Waals surface area contributed by atoms with Crippen molar-refractivity contribution in [1.82, 2.24) is 4.98 Å². The fraction of sp³-hybridized carbons (Fsp3) is 0.200. The van der Waals surface area contributed by atoms with E-state index in [1.807, 2.05) is 13.0 Å². The summed E-state index contributed by atoms with van der Waals surface area (Å²) in [6.45, 7) is 2.47. The normalized spacial score (nSPS) is 13.0. The second kappa shape index (κ2) is 9.52. The lowest BCUT2D eigenvalue weighted by Gasteiger charge is -2.20. The standard InChI is InChI=1S/C25H24N4O4/c1-16-5-3-6-19(23(16)28-24(31)17-10-12-26-13-11-17)25(32)27-18-8-9-20(21(15-18)33-2)29-14-4-7-22(29)30/h3,5-6,8-13,15H,4,7,14H2,1-2H3,(H,27,32)(H,28,31). The number of rotatable bonds is 6. The summed E-state index contributed by atoms with van der Waals surface area (Å²) < 4.78 is 5.47. The van der Waals surface area contributed by atoms with Gasteiger partial charge in [0.1, 0.15) is 5.75 Å². The smallest absolute Gasteiger partial charge is 0.257 e. The van der Waals surface area contributed by atoms with Crippen LogP contribution in [0.15, 0.2) is 60.9 Å². The van der Waals surface area contributed by atoms with E-state index < -0.39 is 0 Å². The molecule has 8 heteroatoms. The molecule has 2 N–H and O–H groups in total. The first kappa shape index (κ1) is 22.0. The van der Waals surface area contributed by atoms with Gasteiger partial charge >= 0.3 is 0 Å². The van der Waals surface area contributed by atoms with Crippen LogP contribution < -0.4 is 20.3 Å². The van der Waals surface area contributed by atoms with E-state index in [0.717, 1.165) is 12.0 Å². The van der Waals surface area contributed by atoms with Crippen LogP contribution in [0, 0.1) is 6.92 Å². The van der Waals surface area contributed by atoms with Gasteiger partial charge in [0.25, 0.3) is 11.8 Å². The predicted octanol–water partition coefficient (Wildman–Crippen LogP) is 4.03. The molecule has 4 rings (SSSR count). The van der Waals surface area contributed by atoms with E-state index in [1.165, 1.54) is 19.5 Å². The number of benzene rings is 2. The van der Waals surface area contributed by atoms with Crippen molar-refractivity contribution >= 4 is 34.8 Å². The molecule has 0 saturated carbocycles. The lowest BCUT2D eigenvalue weighted by atomic mass is 10.1. The SMILES string of the molecule is COc1cc(NC(=O)c2cccc(C)c2NC(=O)c2ccncc2)ccc1N1CCCC1=O. The molecule has 0 bridgehead atoms. The summed E-state index contributed by atoms with van der Waals surface area (Å²) in [6.07, 6.45) is 4.39. The maximum Gasteiger partial charge on any atom is 0.257 e. The Morgan fingerprint density at radius 2 is 1.82 bits per heavy atom. The summed E-state index contributed by atoms with van der Waals surface area (Å²) in [5.41, 5.74) is 3.15. The molecule has 1 aromatic heterocycles.